The number of halogens is 2. The third-order valence-electron chi connectivity index (χ3n) is 3.74. The van der Waals surface area contributed by atoms with Gasteiger partial charge in [0.25, 0.3) is 5.69 Å². The van der Waals surface area contributed by atoms with Gasteiger partial charge < -0.3 is 9.47 Å². The van der Waals surface area contributed by atoms with E-state index in [0.717, 1.165) is 24.8 Å². The third-order valence-corrected chi connectivity index (χ3v) is 5.42. The topological polar surface area (TPSA) is 120 Å². The molecular weight excluding hydrogens is 410 g/mol. The molecule has 0 spiro atoms. The van der Waals surface area contributed by atoms with E-state index in [0.29, 0.717) is 6.07 Å². The molecular formula is C18H14F2N2O6S. The molecule has 0 saturated carbocycles. The van der Waals surface area contributed by atoms with Crippen molar-refractivity contribution in [3.05, 3.63) is 62.5 Å². The Balaban J connectivity index is 2.67. The summed E-state index contributed by atoms with van der Waals surface area (Å²) in [5.41, 5.74) is -0.282. The molecule has 0 fully saturated rings. The molecule has 0 saturated heterocycles. The molecule has 0 radical (unpaired) electrons. The van der Waals surface area contributed by atoms with Crippen LogP contribution in [0.25, 0.3) is 6.08 Å². The van der Waals surface area contributed by atoms with Gasteiger partial charge in [-0.25, -0.2) is 8.42 Å². The first kappa shape index (κ1) is 21.8. The molecule has 0 aromatic heterocycles. The van der Waals surface area contributed by atoms with Crippen molar-refractivity contribution in [2.24, 2.45) is 0 Å². The molecule has 0 atom stereocenters. The molecule has 0 unspecified atom stereocenters. The third kappa shape index (κ3) is 4.85. The maximum absolute atomic E-state index is 12.7. The molecule has 0 aliphatic rings. The highest BCUT2D eigenvalue weighted by Gasteiger charge is 2.25. The van der Waals surface area contributed by atoms with Gasteiger partial charge in [0.2, 0.25) is 9.84 Å². The van der Waals surface area contributed by atoms with Crippen molar-refractivity contribution in [3.8, 4) is 17.6 Å². The van der Waals surface area contributed by atoms with Crippen LogP contribution in [-0.4, -0.2) is 27.1 Å². The van der Waals surface area contributed by atoms with E-state index in [1.54, 1.807) is 6.92 Å². The molecule has 152 valence electrons. The number of ether oxygens (including phenoxy) is 2. The predicted molar refractivity (Wildman–Crippen MR) is 98.2 cm³/mol. The largest absolute Gasteiger partial charge is 0.493 e. The Morgan fingerprint density at radius 3 is 2.34 bits per heavy atom. The number of nitrogens with zero attached hydrogens (tertiary/aromatic N) is 2. The number of nitriles is 1. The molecule has 0 bridgehead atoms. The molecule has 2 aromatic rings. The Bertz CT molecular complexity index is 1110. The smallest absolute Gasteiger partial charge is 0.387 e. The van der Waals surface area contributed by atoms with Crippen molar-refractivity contribution in [1.29, 1.82) is 5.26 Å². The van der Waals surface area contributed by atoms with Gasteiger partial charge in [-0.1, -0.05) is 17.7 Å². The van der Waals surface area contributed by atoms with Crippen molar-refractivity contribution in [3.63, 3.8) is 0 Å². The van der Waals surface area contributed by atoms with E-state index >= 15 is 0 Å². The van der Waals surface area contributed by atoms with Gasteiger partial charge in [0.05, 0.1) is 28.6 Å². The molecule has 8 nitrogen and oxygen atoms in total. The zero-order chi connectivity index (χ0) is 21.8. The van der Waals surface area contributed by atoms with Gasteiger partial charge in [-0.05, 0) is 31.2 Å². The number of aryl methyl sites for hydroxylation is 1. The first-order chi connectivity index (χ1) is 13.6. The maximum atomic E-state index is 12.7. The zero-order valence-corrected chi connectivity index (χ0v) is 15.9. The summed E-state index contributed by atoms with van der Waals surface area (Å²) in [4.78, 5) is 9.48. The summed E-state index contributed by atoms with van der Waals surface area (Å²) in [6.07, 6.45) is 0.780. The number of methoxy groups -OCH3 is 1. The van der Waals surface area contributed by atoms with Crippen LogP contribution in [0.5, 0.6) is 11.5 Å². The van der Waals surface area contributed by atoms with Crippen molar-refractivity contribution in [1.82, 2.24) is 0 Å². The van der Waals surface area contributed by atoms with Crippen LogP contribution >= 0.6 is 0 Å². The lowest BCUT2D eigenvalue weighted by molar-refractivity contribution is -0.385. The maximum Gasteiger partial charge on any atom is 0.387 e. The second-order valence-corrected chi connectivity index (χ2v) is 7.55. The second kappa shape index (κ2) is 8.66. The van der Waals surface area contributed by atoms with Crippen LogP contribution in [0.3, 0.4) is 0 Å². The summed E-state index contributed by atoms with van der Waals surface area (Å²) in [5.74, 6) is -0.904. The van der Waals surface area contributed by atoms with E-state index in [9.17, 15) is 32.6 Å². The molecule has 0 aliphatic carbocycles. The predicted octanol–water partition coefficient (Wildman–Crippen LogP) is 3.85. The van der Waals surface area contributed by atoms with E-state index in [1.165, 1.54) is 30.3 Å². The van der Waals surface area contributed by atoms with Crippen molar-refractivity contribution >= 4 is 21.6 Å². The quantitative estimate of drug-likeness (QED) is 0.376. The summed E-state index contributed by atoms with van der Waals surface area (Å²) in [6.45, 7) is -1.52. The lowest BCUT2D eigenvalue weighted by Gasteiger charge is -2.11. The Morgan fingerprint density at radius 1 is 1.24 bits per heavy atom. The number of benzene rings is 2. The van der Waals surface area contributed by atoms with Gasteiger partial charge in [-0.15, -0.1) is 0 Å². The molecule has 0 N–H and O–H groups in total. The average molecular weight is 424 g/mol. The first-order valence-electron chi connectivity index (χ1n) is 7.85. The fourth-order valence-corrected chi connectivity index (χ4v) is 3.49. The van der Waals surface area contributed by atoms with Crippen molar-refractivity contribution in [2.45, 2.75) is 18.4 Å². The standard InChI is InChI=1S/C18H14F2N2O6S/c1-11-3-5-13(6-4-11)29(25,26)14(10-21)7-12-8-16(27-2)17(28-18(19)20)9-15(12)22(23)24/h3-9,18H,1-2H3/b14-7+. The highest BCUT2D eigenvalue weighted by atomic mass is 32.2. The van der Waals surface area contributed by atoms with E-state index in [4.69, 9.17) is 4.74 Å². The summed E-state index contributed by atoms with van der Waals surface area (Å²) >= 11 is 0. The number of rotatable bonds is 7. The molecule has 0 heterocycles. The van der Waals surface area contributed by atoms with E-state index < -0.39 is 37.7 Å². The van der Waals surface area contributed by atoms with Crippen LogP contribution in [0.4, 0.5) is 14.5 Å². The number of hydrogen-bond donors (Lipinski definition) is 0. The Hall–Kier alpha value is -3.52. The van der Waals surface area contributed by atoms with Gasteiger partial charge in [-0.2, -0.15) is 14.0 Å². The Morgan fingerprint density at radius 2 is 1.86 bits per heavy atom. The zero-order valence-electron chi connectivity index (χ0n) is 15.1. The van der Waals surface area contributed by atoms with E-state index in [1.807, 2.05) is 0 Å². The number of sulfone groups is 1. The number of nitro benzene ring substituents is 1. The van der Waals surface area contributed by atoms with Crippen LogP contribution in [0, 0.1) is 28.4 Å². The molecule has 2 aromatic carbocycles. The number of hydrogen-bond acceptors (Lipinski definition) is 7. The Kier molecular flexibility index (Phi) is 6.50. The molecule has 2 rings (SSSR count). The average Bonchev–Trinajstić information content (AvgIpc) is 2.66. The molecule has 0 aliphatic heterocycles. The van der Waals surface area contributed by atoms with Crippen molar-refractivity contribution in [2.75, 3.05) is 7.11 Å². The van der Waals surface area contributed by atoms with Gasteiger partial charge in [0.15, 0.2) is 11.5 Å². The van der Waals surface area contributed by atoms with Crippen LogP contribution in [0.15, 0.2) is 46.2 Å². The van der Waals surface area contributed by atoms with E-state index in [-0.39, 0.29) is 16.2 Å². The minimum atomic E-state index is -4.27. The summed E-state index contributed by atoms with van der Waals surface area (Å²) in [7, 11) is -3.16. The minimum absolute atomic E-state index is 0.178. The lowest BCUT2D eigenvalue weighted by atomic mass is 10.1. The lowest BCUT2D eigenvalue weighted by Crippen LogP contribution is -2.06. The van der Waals surface area contributed by atoms with Gasteiger partial charge in [0.1, 0.15) is 11.0 Å². The number of alkyl halides is 2. The normalized spacial score (nSPS) is 11.8. The summed E-state index contributed by atoms with van der Waals surface area (Å²) in [6, 6.07) is 8.78. The van der Waals surface area contributed by atoms with Gasteiger partial charge in [-0.3, -0.25) is 10.1 Å². The van der Waals surface area contributed by atoms with Gasteiger partial charge in [0, 0.05) is 0 Å². The van der Waals surface area contributed by atoms with E-state index in [2.05, 4.69) is 4.74 Å². The first-order valence-corrected chi connectivity index (χ1v) is 9.33. The fourth-order valence-electron chi connectivity index (χ4n) is 2.34. The van der Waals surface area contributed by atoms with Crippen LogP contribution < -0.4 is 9.47 Å². The Labute approximate surface area is 164 Å². The van der Waals surface area contributed by atoms with Gasteiger partial charge >= 0.3 is 6.61 Å². The number of allylic oxidation sites excluding steroid dienone is 1. The summed E-state index contributed by atoms with van der Waals surface area (Å²) in [5, 5.41) is 20.7. The second-order valence-electron chi connectivity index (χ2n) is 5.63. The number of nitro groups is 1. The van der Waals surface area contributed by atoms with Crippen LogP contribution in [0.2, 0.25) is 0 Å². The van der Waals surface area contributed by atoms with Crippen LogP contribution in [0.1, 0.15) is 11.1 Å². The van der Waals surface area contributed by atoms with Crippen molar-refractivity contribution < 1.29 is 31.6 Å². The SMILES string of the molecule is COc1cc(/C=C(\C#N)S(=O)(=O)c2ccc(C)cc2)c([N+](=O)[O-])cc1OC(F)F. The fraction of sp³-hybridized carbons (Fsp3) is 0.167. The minimum Gasteiger partial charge on any atom is -0.493 e. The highest BCUT2D eigenvalue weighted by Crippen LogP contribution is 2.37. The molecule has 0 amide bonds. The molecule has 11 heteroatoms. The van der Waals surface area contributed by atoms with Crippen LogP contribution in [-0.2, 0) is 9.84 Å². The monoisotopic (exact) mass is 424 g/mol. The molecule has 29 heavy (non-hydrogen) atoms. The highest BCUT2D eigenvalue weighted by molar-refractivity contribution is 7.95. The summed E-state index contributed by atoms with van der Waals surface area (Å²) < 4.78 is 59.5.